The first kappa shape index (κ1) is 18.9. The van der Waals surface area contributed by atoms with Gasteiger partial charge in [-0.25, -0.2) is 4.39 Å². The van der Waals surface area contributed by atoms with Crippen LogP contribution in [0.2, 0.25) is 5.02 Å². The summed E-state index contributed by atoms with van der Waals surface area (Å²) in [4.78, 5) is 27.1. The van der Waals surface area contributed by atoms with Crippen LogP contribution in [0, 0.1) is 5.82 Å². The number of hydrogen-bond acceptors (Lipinski definition) is 2. The molecule has 0 bridgehead atoms. The van der Waals surface area contributed by atoms with E-state index in [9.17, 15) is 14.0 Å². The van der Waals surface area contributed by atoms with Crippen molar-refractivity contribution >= 4 is 23.4 Å². The Morgan fingerprint density at radius 2 is 1.79 bits per heavy atom. The van der Waals surface area contributed by atoms with Crippen LogP contribution < -0.4 is 5.32 Å². The maximum atomic E-state index is 13.9. The molecule has 2 amide bonds. The molecule has 6 heteroatoms. The molecule has 4 rings (SSSR count). The van der Waals surface area contributed by atoms with Crippen molar-refractivity contribution in [3.05, 3.63) is 70.5 Å². The van der Waals surface area contributed by atoms with Crippen molar-refractivity contribution in [2.75, 3.05) is 13.1 Å². The fraction of sp³-hybridized carbons (Fsp3) is 0.364. The second-order valence-electron chi connectivity index (χ2n) is 7.61. The molecule has 2 aromatic rings. The zero-order chi connectivity index (χ0) is 19.7. The van der Waals surface area contributed by atoms with Crippen LogP contribution >= 0.6 is 11.6 Å². The van der Waals surface area contributed by atoms with E-state index < -0.39 is 11.2 Å². The van der Waals surface area contributed by atoms with Crippen molar-refractivity contribution in [1.82, 2.24) is 10.2 Å². The molecule has 1 heterocycles. The highest BCUT2D eigenvalue weighted by Gasteiger charge is 2.51. The number of hydrogen-bond donors (Lipinski definition) is 1. The average Bonchev–Trinajstić information content (AvgIpc) is 3.51. The summed E-state index contributed by atoms with van der Waals surface area (Å²) in [5.41, 5.74) is 0.595. The Morgan fingerprint density at radius 3 is 2.43 bits per heavy atom. The van der Waals surface area contributed by atoms with E-state index >= 15 is 0 Å². The molecule has 1 aliphatic heterocycles. The van der Waals surface area contributed by atoms with E-state index in [1.54, 1.807) is 23.1 Å². The Labute approximate surface area is 168 Å². The van der Waals surface area contributed by atoms with E-state index in [0.29, 0.717) is 31.0 Å². The zero-order valence-electron chi connectivity index (χ0n) is 15.5. The number of carbonyl (C=O) groups excluding carboxylic acids is 2. The molecule has 2 fully saturated rings. The third kappa shape index (κ3) is 3.63. The summed E-state index contributed by atoms with van der Waals surface area (Å²) in [6.45, 7) is 1.00. The molecule has 0 unspecified atom stereocenters. The number of likely N-dealkylation sites (tertiary alicyclic amines) is 1. The molecule has 2 aromatic carbocycles. The van der Waals surface area contributed by atoms with Crippen molar-refractivity contribution < 1.29 is 14.0 Å². The standard InChI is InChI=1S/C22H22ClFN2O2/c23-16-5-3-4-15(14-16)22(10-11-22)21(28)25-17-8-12-26(13-9-17)20(27)18-6-1-2-7-19(18)24/h1-7,14,17H,8-13H2,(H,25,28). The molecule has 1 N–H and O–H groups in total. The Kier molecular flexibility index (Phi) is 5.11. The van der Waals surface area contributed by atoms with Gasteiger partial charge >= 0.3 is 0 Å². The molecule has 0 radical (unpaired) electrons. The first-order chi connectivity index (χ1) is 13.5. The van der Waals surface area contributed by atoms with Gasteiger partial charge in [0.1, 0.15) is 5.82 Å². The fourth-order valence-corrected chi connectivity index (χ4v) is 4.10. The minimum Gasteiger partial charge on any atom is -0.352 e. The van der Waals surface area contributed by atoms with Gasteiger partial charge in [0.25, 0.3) is 5.91 Å². The highest BCUT2D eigenvalue weighted by molar-refractivity contribution is 6.30. The second-order valence-corrected chi connectivity index (χ2v) is 8.05. The predicted octanol–water partition coefficient (Wildman–Crippen LogP) is 3.93. The minimum absolute atomic E-state index is 0.0221. The number of rotatable bonds is 4. The zero-order valence-corrected chi connectivity index (χ0v) is 16.2. The maximum Gasteiger partial charge on any atom is 0.256 e. The van der Waals surface area contributed by atoms with Gasteiger partial charge in [0, 0.05) is 24.2 Å². The largest absolute Gasteiger partial charge is 0.352 e. The number of carbonyl (C=O) groups is 2. The van der Waals surface area contributed by atoms with Gasteiger partial charge < -0.3 is 10.2 Å². The Bertz CT molecular complexity index is 905. The van der Waals surface area contributed by atoms with Crippen LogP contribution in [-0.2, 0) is 10.2 Å². The summed E-state index contributed by atoms with van der Waals surface area (Å²) < 4.78 is 13.9. The summed E-state index contributed by atoms with van der Waals surface area (Å²) in [6.07, 6.45) is 2.97. The molecule has 1 aliphatic carbocycles. The molecule has 1 saturated heterocycles. The van der Waals surface area contributed by atoms with Crippen LogP contribution in [0.15, 0.2) is 48.5 Å². The molecular formula is C22H22ClFN2O2. The number of nitrogens with one attached hydrogen (secondary N) is 1. The van der Waals surface area contributed by atoms with E-state index in [4.69, 9.17) is 11.6 Å². The quantitative estimate of drug-likeness (QED) is 0.845. The van der Waals surface area contributed by atoms with Crippen molar-refractivity contribution in [2.24, 2.45) is 0 Å². The fourth-order valence-electron chi connectivity index (χ4n) is 3.91. The van der Waals surface area contributed by atoms with Crippen LogP contribution in [0.3, 0.4) is 0 Å². The van der Waals surface area contributed by atoms with Crippen molar-refractivity contribution in [3.8, 4) is 0 Å². The van der Waals surface area contributed by atoms with Gasteiger partial charge in [0.15, 0.2) is 0 Å². The van der Waals surface area contributed by atoms with Gasteiger partial charge in [-0.05, 0) is 55.5 Å². The van der Waals surface area contributed by atoms with Crippen molar-refractivity contribution in [1.29, 1.82) is 0 Å². The Balaban J connectivity index is 1.35. The van der Waals surface area contributed by atoms with E-state index in [1.165, 1.54) is 12.1 Å². The monoisotopic (exact) mass is 400 g/mol. The van der Waals surface area contributed by atoms with Crippen molar-refractivity contribution in [3.63, 3.8) is 0 Å². The summed E-state index contributed by atoms with van der Waals surface area (Å²) >= 11 is 6.09. The lowest BCUT2D eigenvalue weighted by molar-refractivity contribution is -0.124. The van der Waals surface area contributed by atoms with Gasteiger partial charge in [-0.3, -0.25) is 9.59 Å². The summed E-state index contributed by atoms with van der Waals surface area (Å²) in [7, 11) is 0. The number of benzene rings is 2. The molecule has 146 valence electrons. The normalized spacial score (nSPS) is 18.6. The highest BCUT2D eigenvalue weighted by Crippen LogP contribution is 2.49. The molecule has 0 spiro atoms. The number of halogens is 2. The summed E-state index contributed by atoms with van der Waals surface area (Å²) in [5.74, 6) is -0.755. The minimum atomic E-state index is -0.500. The Morgan fingerprint density at radius 1 is 1.07 bits per heavy atom. The van der Waals surface area contributed by atoms with Crippen LogP contribution in [0.25, 0.3) is 0 Å². The molecule has 0 aromatic heterocycles. The molecule has 4 nitrogen and oxygen atoms in total. The lowest BCUT2D eigenvalue weighted by atomic mass is 9.93. The lowest BCUT2D eigenvalue weighted by Crippen LogP contribution is -2.49. The van der Waals surface area contributed by atoms with Gasteiger partial charge in [0.05, 0.1) is 11.0 Å². The summed E-state index contributed by atoms with van der Waals surface area (Å²) in [6, 6.07) is 13.6. The number of piperidine rings is 1. The lowest BCUT2D eigenvalue weighted by Gasteiger charge is -2.33. The molecule has 1 saturated carbocycles. The second kappa shape index (κ2) is 7.55. The van der Waals surface area contributed by atoms with E-state index in [0.717, 1.165) is 18.4 Å². The summed E-state index contributed by atoms with van der Waals surface area (Å²) in [5, 5.41) is 3.79. The molecule has 2 aliphatic rings. The first-order valence-electron chi connectivity index (χ1n) is 9.60. The number of amides is 2. The van der Waals surface area contributed by atoms with E-state index in [1.807, 2.05) is 18.2 Å². The van der Waals surface area contributed by atoms with E-state index in [2.05, 4.69) is 5.32 Å². The third-order valence-electron chi connectivity index (χ3n) is 5.78. The average molecular weight is 401 g/mol. The van der Waals surface area contributed by atoms with Gasteiger partial charge in [-0.1, -0.05) is 35.9 Å². The number of nitrogens with zero attached hydrogens (tertiary/aromatic N) is 1. The molecule has 28 heavy (non-hydrogen) atoms. The Hall–Kier alpha value is -2.40. The van der Waals surface area contributed by atoms with Crippen LogP contribution in [-0.4, -0.2) is 35.8 Å². The predicted molar refractivity (Wildman–Crippen MR) is 106 cm³/mol. The molecule has 0 atom stereocenters. The van der Waals surface area contributed by atoms with Crippen molar-refractivity contribution in [2.45, 2.75) is 37.1 Å². The van der Waals surface area contributed by atoms with Gasteiger partial charge in [-0.2, -0.15) is 0 Å². The van der Waals surface area contributed by atoms with Crippen LogP contribution in [0.1, 0.15) is 41.6 Å². The maximum absolute atomic E-state index is 13.9. The molecular weight excluding hydrogens is 379 g/mol. The first-order valence-corrected chi connectivity index (χ1v) is 9.98. The van der Waals surface area contributed by atoms with Crippen LogP contribution in [0.5, 0.6) is 0 Å². The SMILES string of the molecule is O=C(c1ccccc1F)N1CCC(NC(=O)C2(c3cccc(Cl)c3)CC2)CC1. The van der Waals surface area contributed by atoms with Gasteiger partial charge in [0.2, 0.25) is 5.91 Å². The smallest absolute Gasteiger partial charge is 0.256 e. The highest BCUT2D eigenvalue weighted by atomic mass is 35.5. The topological polar surface area (TPSA) is 49.4 Å². The third-order valence-corrected chi connectivity index (χ3v) is 6.02. The van der Waals surface area contributed by atoms with Gasteiger partial charge in [-0.15, -0.1) is 0 Å². The van der Waals surface area contributed by atoms with E-state index in [-0.39, 0.29) is 23.4 Å². The van der Waals surface area contributed by atoms with Crippen LogP contribution in [0.4, 0.5) is 4.39 Å².